The number of amides is 1. The average molecular weight is 437 g/mol. The minimum Gasteiger partial charge on any atom is -0.489 e. The zero-order chi connectivity index (χ0) is 19.9. The predicted molar refractivity (Wildman–Crippen MR) is 113 cm³/mol. The second-order valence-corrected chi connectivity index (χ2v) is 7.52. The number of nitrogens with one attached hydrogen (secondary N) is 1. The van der Waals surface area contributed by atoms with Crippen LogP contribution >= 0.6 is 34.5 Å². The van der Waals surface area contributed by atoms with Gasteiger partial charge in [0.2, 0.25) is 0 Å². The topological polar surface area (TPSA) is 60.5 Å². The molecule has 0 saturated heterocycles. The van der Waals surface area contributed by atoms with Crippen molar-refractivity contribution in [2.45, 2.75) is 6.61 Å². The fourth-order valence-electron chi connectivity index (χ4n) is 2.38. The SMILES string of the molecule is COCCNC(=O)c1csc(-c2cccc(OCc3ccc(Cl)c(Cl)c3)c2)n1. The van der Waals surface area contributed by atoms with Crippen molar-refractivity contribution in [1.82, 2.24) is 10.3 Å². The minimum atomic E-state index is -0.216. The molecule has 1 amide bonds. The molecule has 3 aromatic rings. The molecule has 0 bridgehead atoms. The largest absolute Gasteiger partial charge is 0.489 e. The van der Waals surface area contributed by atoms with Crippen LogP contribution in [-0.2, 0) is 11.3 Å². The molecule has 0 aliphatic rings. The standard InChI is InChI=1S/C20H18Cl2N2O3S/c1-26-8-7-23-19(25)18-12-28-20(24-18)14-3-2-4-15(10-14)27-11-13-5-6-16(21)17(22)9-13/h2-6,9-10,12H,7-8,11H2,1H3,(H,23,25). The molecule has 1 N–H and O–H groups in total. The van der Waals surface area contributed by atoms with Crippen molar-refractivity contribution in [2.24, 2.45) is 0 Å². The Morgan fingerprint density at radius 3 is 2.82 bits per heavy atom. The molecule has 0 aliphatic heterocycles. The maximum absolute atomic E-state index is 12.1. The van der Waals surface area contributed by atoms with Crippen LogP contribution in [0, 0.1) is 0 Å². The van der Waals surface area contributed by atoms with E-state index in [1.807, 2.05) is 30.3 Å². The Morgan fingerprint density at radius 2 is 2.04 bits per heavy atom. The molecule has 0 unspecified atom stereocenters. The number of nitrogens with zero attached hydrogens (tertiary/aromatic N) is 1. The van der Waals surface area contributed by atoms with Gasteiger partial charge in [-0.1, -0.05) is 41.4 Å². The van der Waals surface area contributed by atoms with E-state index in [-0.39, 0.29) is 5.91 Å². The summed E-state index contributed by atoms with van der Waals surface area (Å²) in [5, 5.41) is 6.25. The first-order valence-electron chi connectivity index (χ1n) is 8.46. The van der Waals surface area contributed by atoms with Crippen LogP contribution in [0.2, 0.25) is 10.0 Å². The molecule has 0 saturated carbocycles. The van der Waals surface area contributed by atoms with Gasteiger partial charge in [0.25, 0.3) is 5.91 Å². The zero-order valence-electron chi connectivity index (χ0n) is 15.1. The van der Waals surface area contributed by atoms with Crippen LogP contribution in [0.1, 0.15) is 16.1 Å². The van der Waals surface area contributed by atoms with Gasteiger partial charge in [-0.3, -0.25) is 4.79 Å². The summed E-state index contributed by atoms with van der Waals surface area (Å²) >= 11 is 13.4. The lowest BCUT2D eigenvalue weighted by molar-refractivity contribution is 0.0933. The van der Waals surface area contributed by atoms with Crippen molar-refractivity contribution < 1.29 is 14.3 Å². The maximum Gasteiger partial charge on any atom is 0.270 e. The number of carbonyl (C=O) groups is 1. The second-order valence-electron chi connectivity index (χ2n) is 5.85. The molecular formula is C20H18Cl2N2O3S. The van der Waals surface area contributed by atoms with Gasteiger partial charge in [0.15, 0.2) is 0 Å². The summed E-state index contributed by atoms with van der Waals surface area (Å²) in [7, 11) is 1.59. The quantitative estimate of drug-likeness (QED) is 0.500. The summed E-state index contributed by atoms with van der Waals surface area (Å²) in [5.41, 5.74) is 2.19. The molecule has 1 heterocycles. The van der Waals surface area contributed by atoms with Crippen LogP contribution in [0.4, 0.5) is 0 Å². The third-order valence-corrected chi connectivity index (χ3v) is 5.43. The molecular weight excluding hydrogens is 419 g/mol. The summed E-state index contributed by atoms with van der Waals surface area (Å²) in [6, 6.07) is 13.0. The van der Waals surface area contributed by atoms with E-state index < -0.39 is 0 Å². The van der Waals surface area contributed by atoms with Gasteiger partial charge < -0.3 is 14.8 Å². The van der Waals surface area contributed by atoms with Crippen LogP contribution in [0.15, 0.2) is 47.8 Å². The van der Waals surface area contributed by atoms with E-state index in [4.69, 9.17) is 32.7 Å². The molecule has 0 radical (unpaired) electrons. The fraction of sp³-hybridized carbons (Fsp3) is 0.200. The van der Waals surface area contributed by atoms with E-state index in [2.05, 4.69) is 10.3 Å². The van der Waals surface area contributed by atoms with Crippen molar-refractivity contribution in [3.63, 3.8) is 0 Å². The molecule has 28 heavy (non-hydrogen) atoms. The first-order chi connectivity index (χ1) is 13.6. The molecule has 0 aliphatic carbocycles. The monoisotopic (exact) mass is 436 g/mol. The Balaban J connectivity index is 1.66. The van der Waals surface area contributed by atoms with Gasteiger partial charge in [-0.05, 0) is 29.8 Å². The third-order valence-electron chi connectivity index (χ3n) is 3.80. The number of rotatable bonds is 8. The lowest BCUT2D eigenvalue weighted by Gasteiger charge is -2.08. The van der Waals surface area contributed by atoms with Gasteiger partial charge in [0.05, 0.1) is 16.7 Å². The Labute approximate surface area is 177 Å². The minimum absolute atomic E-state index is 0.216. The van der Waals surface area contributed by atoms with Crippen molar-refractivity contribution >= 4 is 40.4 Å². The van der Waals surface area contributed by atoms with Gasteiger partial charge >= 0.3 is 0 Å². The van der Waals surface area contributed by atoms with Crippen LogP contribution in [-0.4, -0.2) is 31.2 Å². The predicted octanol–water partition coefficient (Wildman–Crippen LogP) is 5.07. The van der Waals surface area contributed by atoms with E-state index >= 15 is 0 Å². The molecule has 1 aromatic heterocycles. The summed E-state index contributed by atoms with van der Waals surface area (Å²) in [6.45, 7) is 1.27. The molecule has 5 nitrogen and oxygen atoms in total. The fourth-order valence-corrected chi connectivity index (χ4v) is 3.50. The van der Waals surface area contributed by atoms with Crippen molar-refractivity contribution in [3.05, 3.63) is 69.1 Å². The molecule has 2 aromatic carbocycles. The number of hydrogen-bond donors (Lipinski definition) is 1. The highest BCUT2D eigenvalue weighted by Crippen LogP contribution is 2.28. The number of benzene rings is 2. The number of ether oxygens (including phenoxy) is 2. The van der Waals surface area contributed by atoms with Gasteiger partial charge in [0.1, 0.15) is 23.1 Å². The summed E-state index contributed by atoms with van der Waals surface area (Å²) in [5.74, 6) is 0.483. The molecule has 146 valence electrons. The molecule has 0 fully saturated rings. The third kappa shape index (κ3) is 5.45. The summed E-state index contributed by atoms with van der Waals surface area (Å²) in [6.07, 6.45) is 0. The molecule has 8 heteroatoms. The maximum atomic E-state index is 12.1. The van der Waals surface area contributed by atoms with Crippen LogP contribution in [0.5, 0.6) is 5.75 Å². The molecule has 3 rings (SSSR count). The van der Waals surface area contributed by atoms with Crippen molar-refractivity contribution in [1.29, 1.82) is 0 Å². The Hall–Kier alpha value is -2.12. The first kappa shape index (κ1) is 20.6. The lowest BCUT2D eigenvalue weighted by Crippen LogP contribution is -2.27. The Kier molecular flexibility index (Phi) is 7.28. The highest BCUT2D eigenvalue weighted by Gasteiger charge is 2.12. The number of aromatic nitrogens is 1. The van der Waals surface area contributed by atoms with E-state index in [1.54, 1.807) is 24.6 Å². The van der Waals surface area contributed by atoms with E-state index in [0.29, 0.717) is 41.2 Å². The number of halogens is 2. The van der Waals surface area contributed by atoms with Crippen LogP contribution in [0.3, 0.4) is 0 Å². The molecule has 0 atom stereocenters. The van der Waals surface area contributed by atoms with Crippen LogP contribution < -0.4 is 10.1 Å². The highest BCUT2D eigenvalue weighted by atomic mass is 35.5. The average Bonchev–Trinajstić information content (AvgIpc) is 3.20. The lowest BCUT2D eigenvalue weighted by atomic mass is 10.2. The van der Waals surface area contributed by atoms with Gasteiger partial charge in [0, 0.05) is 24.6 Å². The van der Waals surface area contributed by atoms with Crippen molar-refractivity contribution in [3.8, 4) is 16.3 Å². The second kappa shape index (κ2) is 9.89. The Bertz CT molecular complexity index is 962. The summed E-state index contributed by atoms with van der Waals surface area (Å²) in [4.78, 5) is 16.5. The van der Waals surface area contributed by atoms with Gasteiger partial charge in [-0.2, -0.15) is 0 Å². The van der Waals surface area contributed by atoms with E-state index in [1.165, 1.54) is 11.3 Å². The van der Waals surface area contributed by atoms with Crippen molar-refractivity contribution in [2.75, 3.05) is 20.3 Å². The van der Waals surface area contributed by atoms with E-state index in [9.17, 15) is 4.79 Å². The number of carbonyl (C=O) groups excluding carboxylic acids is 1. The van der Waals surface area contributed by atoms with Gasteiger partial charge in [-0.15, -0.1) is 11.3 Å². The Morgan fingerprint density at radius 1 is 1.18 bits per heavy atom. The zero-order valence-corrected chi connectivity index (χ0v) is 17.4. The normalized spacial score (nSPS) is 10.7. The number of hydrogen-bond acceptors (Lipinski definition) is 5. The number of methoxy groups -OCH3 is 1. The van der Waals surface area contributed by atoms with E-state index in [0.717, 1.165) is 16.1 Å². The first-order valence-corrected chi connectivity index (χ1v) is 10.1. The molecule has 0 spiro atoms. The number of thiazole rings is 1. The smallest absolute Gasteiger partial charge is 0.270 e. The van der Waals surface area contributed by atoms with Crippen LogP contribution in [0.25, 0.3) is 10.6 Å². The van der Waals surface area contributed by atoms with Gasteiger partial charge in [-0.25, -0.2) is 4.98 Å². The summed E-state index contributed by atoms with van der Waals surface area (Å²) < 4.78 is 10.8. The highest BCUT2D eigenvalue weighted by molar-refractivity contribution is 7.13.